The van der Waals surface area contributed by atoms with Crippen LogP contribution in [0.1, 0.15) is 11.1 Å². The maximum absolute atomic E-state index is 13.2. The van der Waals surface area contributed by atoms with Crippen molar-refractivity contribution in [1.29, 1.82) is 0 Å². The van der Waals surface area contributed by atoms with E-state index in [4.69, 9.17) is 0 Å². The zero-order chi connectivity index (χ0) is 11.3. The predicted octanol–water partition coefficient (Wildman–Crippen LogP) is 3.31. The van der Waals surface area contributed by atoms with Crippen LogP contribution in [0.5, 0.6) is 0 Å². The first kappa shape index (κ1) is 10.4. The van der Waals surface area contributed by atoms with Crippen molar-refractivity contribution in [3.05, 3.63) is 35.4 Å². The molecule has 0 bridgehead atoms. The lowest BCUT2D eigenvalue weighted by atomic mass is 9.84. The van der Waals surface area contributed by atoms with Gasteiger partial charge < -0.3 is 0 Å². The van der Waals surface area contributed by atoms with E-state index in [0.717, 1.165) is 6.07 Å². The maximum Gasteiger partial charge on any atom is 0.345 e. The van der Waals surface area contributed by atoms with E-state index in [1.54, 1.807) is 0 Å². The summed E-state index contributed by atoms with van der Waals surface area (Å²) >= 11 is 0. The molecule has 82 valence electrons. The Hall–Kier alpha value is -1.13. The van der Waals surface area contributed by atoms with E-state index in [0.29, 0.717) is 0 Å². The van der Waals surface area contributed by atoms with Crippen LogP contribution in [0.25, 0.3) is 0 Å². The highest BCUT2D eigenvalue weighted by Gasteiger charge is 2.65. The van der Waals surface area contributed by atoms with E-state index in [9.17, 15) is 22.0 Å². The second-order valence-corrected chi connectivity index (χ2v) is 3.53. The van der Waals surface area contributed by atoms with Gasteiger partial charge >= 0.3 is 11.8 Å². The molecular formula is C10H7F5. The van der Waals surface area contributed by atoms with Crippen LogP contribution in [0.15, 0.2) is 24.3 Å². The smallest absolute Gasteiger partial charge is 0.240 e. The summed E-state index contributed by atoms with van der Waals surface area (Å²) in [7, 11) is 0. The molecule has 2 rings (SSSR count). The number of hydrogen-bond donors (Lipinski definition) is 0. The molecule has 0 saturated heterocycles. The Bertz CT molecular complexity index is 385. The van der Waals surface area contributed by atoms with Crippen molar-refractivity contribution in [2.75, 3.05) is 0 Å². The van der Waals surface area contributed by atoms with E-state index >= 15 is 0 Å². The van der Waals surface area contributed by atoms with Crippen molar-refractivity contribution in [1.82, 2.24) is 0 Å². The molecule has 0 amide bonds. The maximum atomic E-state index is 13.2. The lowest BCUT2D eigenvalue weighted by molar-refractivity contribution is -0.252. The van der Waals surface area contributed by atoms with Crippen molar-refractivity contribution in [2.24, 2.45) is 0 Å². The van der Waals surface area contributed by atoms with Gasteiger partial charge in [-0.1, -0.05) is 24.3 Å². The third kappa shape index (κ3) is 1.25. The molecule has 5 heteroatoms. The average molecular weight is 222 g/mol. The van der Waals surface area contributed by atoms with E-state index in [1.165, 1.54) is 18.2 Å². The van der Waals surface area contributed by atoms with Crippen LogP contribution in [0.4, 0.5) is 22.0 Å². The third-order valence-corrected chi connectivity index (χ3v) is 2.57. The van der Waals surface area contributed by atoms with Crippen LogP contribution in [0.2, 0.25) is 0 Å². The molecule has 1 atom stereocenters. The summed E-state index contributed by atoms with van der Waals surface area (Å²) in [5.74, 6) is -9.05. The molecule has 1 unspecified atom stereocenters. The van der Waals surface area contributed by atoms with Crippen molar-refractivity contribution in [3.63, 3.8) is 0 Å². The van der Waals surface area contributed by atoms with Crippen LogP contribution in [-0.4, -0.2) is 12.1 Å². The van der Waals surface area contributed by atoms with E-state index < -0.39 is 30.0 Å². The van der Waals surface area contributed by atoms with Crippen molar-refractivity contribution in [3.8, 4) is 0 Å². The van der Waals surface area contributed by atoms with Gasteiger partial charge in [-0.05, 0) is 5.56 Å². The van der Waals surface area contributed by atoms with Gasteiger partial charge in [0, 0.05) is 12.0 Å². The zero-order valence-electron chi connectivity index (χ0n) is 7.48. The molecule has 15 heavy (non-hydrogen) atoms. The summed E-state index contributed by atoms with van der Waals surface area (Å²) in [5, 5.41) is 0. The van der Waals surface area contributed by atoms with Gasteiger partial charge in [-0.25, -0.2) is 4.39 Å². The molecule has 0 spiro atoms. The summed E-state index contributed by atoms with van der Waals surface area (Å²) in [5.41, 5.74) is -0.829. The van der Waals surface area contributed by atoms with Crippen molar-refractivity contribution in [2.45, 2.75) is 24.4 Å². The molecule has 0 radical (unpaired) electrons. The lowest BCUT2D eigenvalue weighted by Gasteiger charge is -2.35. The van der Waals surface area contributed by atoms with Crippen LogP contribution >= 0.6 is 0 Å². The number of fused-ring (bicyclic) bond motifs is 1. The highest BCUT2D eigenvalue weighted by atomic mass is 19.3. The predicted molar refractivity (Wildman–Crippen MR) is 43.9 cm³/mol. The summed E-state index contributed by atoms with van der Waals surface area (Å²) in [6, 6.07) is 4.81. The molecule has 1 aromatic rings. The van der Waals surface area contributed by atoms with Gasteiger partial charge in [-0.15, -0.1) is 0 Å². The highest BCUT2D eigenvalue weighted by Crippen LogP contribution is 2.51. The summed E-state index contributed by atoms with van der Waals surface area (Å²) < 4.78 is 65.2. The normalized spacial score (nSPS) is 27.1. The van der Waals surface area contributed by atoms with Gasteiger partial charge in [-0.3, -0.25) is 0 Å². The molecule has 0 nitrogen and oxygen atoms in total. The van der Waals surface area contributed by atoms with Crippen LogP contribution < -0.4 is 0 Å². The lowest BCUT2D eigenvalue weighted by Crippen LogP contribution is -2.50. The Morgan fingerprint density at radius 1 is 1.07 bits per heavy atom. The molecule has 1 aromatic carbocycles. The highest BCUT2D eigenvalue weighted by molar-refractivity contribution is 5.36. The van der Waals surface area contributed by atoms with Gasteiger partial charge in [-0.2, -0.15) is 17.6 Å². The average Bonchev–Trinajstić information content (AvgIpc) is 2.16. The Morgan fingerprint density at radius 3 is 2.33 bits per heavy atom. The summed E-state index contributed by atoms with van der Waals surface area (Å²) in [4.78, 5) is 0. The van der Waals surface area contributed by atoms with E-state index in [1.807, 2.05) is 0 Å². The van der Waals surface area contributed by atoms with Gasteiger partial charge in [0.2, 0.25) is 0 Å². The Balaban J connectivity index is 2.61. The number of rotatable bonds is 0. The second-order valence-electron chi connectivity index (χ2n) is 3.53. The molecular weight excluding hydrogens is 215 g/mol. The van der Waals surface area contributed by atoms with Crippen molar-refractivity contribution >= 4 is 0 Å². The fourth-order valence-electron chi connectivity index (χ4n) is 1.70. The second kappa shape index (κ2) is 2.93. The molecule has 0 fully saturated rings. The quantitative estimate of drug-likeness (QED) is 0.591. The van der Waals surface area contributed by atoms with Gasteiger partial charge in [0.15, 0.2) is 6.17 Å². The minimum Gasteiger partial charge on any atom is -0.240 e. The molecule has 0 N–H and O–H groups in total. The SMILES string of the molecule is FC1Cc2ccccc2C(F)(F)C1(F)F. The molecule has 0 aromatic heterocycles. The minimum absolute atomic E-state index is 0.0547. The first-order valence-corrected chi connectivity index (χ1v) is 4.35. The Morgan fingerprint density at radius 2 is 1.67 bits per heavy atom. The molecule has 1 aliphatic carbocycles. The summed E-state index contributed by atoms with van der Waals surface area (Å²) in [6.45, 7) is 0. The van der Waals surface area contributed by atoms with Crippen molar-refractivity contribution < 1.29 is 22.0 Å². The number of hydrogen-bond acceptors (Lipinski definition) is 0. The topological polar surface area (TPSA) is 0 Å². The van der Waals surface area contributed by atoms with Gasteiger partial charge in [0.05, 0.1) is 0 Å². The summed E-state index contributed by atoms with van der Waals surface area (Å²) in [6.07, 6.45) is -3.50. The number of benzene rings is 1. The third-order valence-electron chi connectivity index (χ3n) is 2.57. The van der Waals surface area contributed by atoms with Crippen LogP contribution in [0, 0.1) is 0 Å². The molecule has 0 heterocycles. The standard InChI is InChI=1S/C10H7F5/c11-8-5-6-3-1-2-4-7(6)9(12,13)10(8,14)15/h1-4,8H,5H2. The fourth-order valence-corrected chi connectivity index (χ4v) is 1.70. The molecule has 0 aliphatic heterocycles. The largest absolute Gasteiger partial charge is 0.345 e. The Labute approximate surface area is 82.7 Å². The van der Waals surface area contributed by atoms with E-state index in [2.05, 4.69) is 0 Å². The Kier molecular flexibility index (Phi) is 2.03. The molecule has 0 saturated carbocycles. The van der Waals surface area contributed by atoms with Gasteiger partial charge in [0.1, 0.15) is 0 Å². The zero-order valence-corrected chi connectivity index (χ0v) is 7.48. The van der Waals surface area contributed by atoms with E-state index in [-0.39, 0.29) is 5.56 Å². The molecule has 1 aliphatic rings. The first-order valence-electron chi connectivity index (χ1n) is 4.35. The van der Waals surface area contributed by atoms with Crippen LogP contribution in [0.3, 0.4) is 0 Å². The monoisotopic (exact) mass is 222 g/mol. The number of alkyl halides is 5. The van der Waals surface area contributed by atoms with Crippen LogP contribution in [-0.2, 0) is 12.3 Å². The first-order chi connectivity index (χ1) is 6.87. The fraction of sp³-hybridized carbons (Fsp3) is 0.400. The van der Waals surface area contributed by atoms with Gasteiger partial charge in [0.25, 0.3) is 0 Å². The minimum atomic E-state index is -4.62. The number of halogens is 5.